The summed E-state index contributed by atoms with van der Waals surface area (Å²) in [5, 5.41) is 3.82. The van der Waals surface area contributed by atoms with E-state index in [1.54, 1.807) is 13.2 Å². The summed E-state index contributed by atoms with van der Waals surface area (Å²) < 4.78 is 10.9. The van der Waals surface area contributed by atoms with Crippen molar-refractivity contribution in [1.82, 2.24) is 5.32 Å². The second-order valence-electron chi connectivity index (χ2n) is 5.54. The lowest BCUT2D eigenvalue weighted by atomic mass is 10.0. The minimum atomic E-state index is -0.237. The quantitative estimate of drug-likeness (QED) is 0.784. The van der Waals surface area contributed by atoms with E-state index in [1.165, 1.54) is 0 Å². The molecule has 4 nitrogen and oxygen atoms in total. The van der Waals surface area contributed by atoms with Gasteiger partial charge in [-0.15, -0.1) is 0 Å². The van der Waals surface area contributed by atoms with Gasteiger partial charge in [0.15, 0.2) is 17.1 Å². The van der Waals surface area contributed by atoms with Crippen molar-refractivity contribution in [3.8, 4) is 5.75 Å². The molecule has 1 aromatic heterocycles. The zero-order valence-corrected chi connectivity index (χ0v) is 13.4. The summed E-state index contributed by atoms with van der Waals surface area (Å²) in [6, 6.07) is 15.2. The van der Waals surface area contributed by atoms with Crippen molar-refractivity contribution in [3.63, 3.8) is 0 Å². The second kappa shape index (κ2) is 6.16. The van der Waals surface area contributed by atoms with Crippen molar-refractivity contribution in [2.75, 3.05) is 7.11 Å². The zero-order valence-electron chi connectivity index (χ0n) is 13.4. The highest BCUT2D eigenvalue weighted by atomic mass is 16.5. The van der Waals surface area contributed by atoms with Crippen LogP contribution in [0.25, 0.3) is 11.0 Å². The Bertz CT molecular complexity index is 851. The number of furan rings is 1. The average molecular weight is 309 g/mol. The van der Waals surface area contributed by atoms with Gasteiger partial charge in [0.2, 0.25) is 0 Å². The number of hydrogen-bond acceptors (Lipinski definition) is 3. The van der Waals surface area contributed by atoms with Crippen molar-refractivity contribution >= 4 is 16.9 Å². The number of nitrogens with one attached hydrogen (secondary N) is 1. The molecule has 3 aromatic rings. The van der Waals surface area contributed by atoms with E-state index in [9.17, 15) is 4.79 Å². The van der Waals surface area contributed by atoms with Crippen LogP contribution in [0.3, 0.4) is 0 Å². The molecule has 0 saturated carbocycles. The molecule has 3 rings (SSSR count). The van der Waals surface area contributed by atoms with Gasteiger partial charge in [-0.3, -0.25) is 4.79 Å². The monoisotopic (exact) mass is 309 g/mol. The van der Waals surface area contributed by atoms with Gasteiger partial charge in [-0.05, 0) is 37.1 Å². The molecule has 0 aliphatic rings. The van der Waals surface area contributed by atoms with Crippen molar-refractivity contribution < 1.29 is 13.9 Å². The van der Waals surface area contributed by atoms with Crippen LogP contribution >= 0.6 is 0 Å². The molecule has 1 amide bonds. The number of methoxy groups -OCH3 is 1. The normalized spacial score (nSPS) is 12.1. The molecular formula is C19H19NO3. The fraction of sp³-hybridized carbons (Fsp3) is 0.211. The van der Waals surface area contributed by atoms with Gasteiger partial charge in [0.05, 0.1) is 13.2 Å². The lowest BCUT2D eigenvalue weighted by Crippen LogP contribution is -2.26. The van der Waals surface area contributed by atoms with Gasteiger partial charge in [-0.1, -0.05) is 36.4 Å². The Balaban J connectivity index is 1.85. The molecule has 0 aliphatic heterocycles. The lowest BCUT2D eigenvalue weighted by molar-refractivity contribution is 0.0914. The number of carbonyl (C=O) groups excluding carboxylic acids is 1. The third-order valence-electron chi connectivity index (χ3n) is 3.95. The number of benzene rings is 2. The SMILES string of the molecule is COc1cccc2cc(C(=O)NC(C)c3ccccc3C)oc12. The molecule has 1 N–H and O–H groups in total. The number of aryl methyl sites for hydroxylation is 1. The highest BCUT2D eigenvalue weighted by molar-refractivity contribution is 5.97. The van der Waals surface area contributed by atoms with E-state index in [0.717, 1.165) is 16.5 Å². The minimum Gasteiger partial charge on any atom is -0.493 e. The smallest absolute Gasteiger partial charge is 0.287 e. The van der Waals surface area contributed by atoms with Gasteiger partial charge < -0.3 is 14.5 Å². The Labute approximate surface area is 135 Å². The van der Waals surface area contributed by atoms with Crippen LogP contribution in [0.5, 0.6) is 5.75 Å². The Morgan fingerprint density at radius 2 is 1.96 bits per heavy atom. The first kappa shape index (κ1) is 15.2. The van der Waals surface area contributed by atoms with E-state index in [1.807, 2.05) is 56.3 Å². The van der Waals surface area contributed by atoms with Crippen molar-refractivity contribution in [2.24, 2.45) is 0 Å². The van der Waals surface area contributed by atoms with Crippen LogP contribution in [0.2, 0.25) is 0 Å². The Morgan fingerprint density at radius 3 is 2.70 bits per heavy atom. The lowest BCUT2D eigenvalue weighted by Gasteiger charge is -2.15. The first-order chi connectivity index (χ1) is 11.1. The predicted octanol–water partition coefficient (Wildman–Crippen LogP) is 4.24. The van der Waals surface area contributed by atoms with E-state index in [0.29, 0.717) is 11.3 Å². The van der Waals surface area contributed by atoms with Gasteiger partial charge >= 0.3 is 0 Å². The van der Waals surface area contributed by atoms with E-state index in [2.05, 4.69) is 5.32 Å². The number of fused-ring (bicyclic) bond motifs is 1. The van der Waals surface area contributed by atoms with Gasteiger partial charge in [0.25, 0.3) is 5.91 Å². The molecule has 0 spiro atoms. The fourth-order valence-electron chi connectivity index (χ4n) is 2.73. The van der Waals surface area contributed by atoms with Gasteiger partial charge in [0, 0.05) is 5.39 Å². The maximum absolute atomic E-state index is 12.5. The first-order valence-electron chi connectivity index (χ1n) is 7.53. The predicted molar refractivity (Wildman–Crippen MR) is 89.8 cm³/mol. The zero-order chi connectivity index (χ0) is 16.4. The summed E-state index contributed by atoms with van der Waals surface area (Å²) in [6.45, 7) is 3.99. The summed E-state index contributed by atoms with van der Waals surface area (Å²) in [7, 11) is 1.58. The van der Waals surface area contributed by atoms with Gasteiger partial charge in [0.1, 0.15) is 0 Å². The van der Waals surface area contributed by atoms with Crippen molar-refractivity contribution in [3.05, 3.63) is 65.4 Å². The van der Waals surface area contributed by atoms with Crippen LogP contribution in [-0.2, 0) is 0 Å². The fourth-order valence-corrected chi connectivity index (χ4v) is 2.73. The standard InChI is InChI=1S/C19H19NO3/c1-12-7-4-5-9-15(12)13(2)20-19(21)17-11-14-8-6-10-16(22-3)18(14)23-17/h4-11,13H,1-3H3,(H,20,21). The molecule has 0 fully saturated rings. The van der Waals surface area contributed by atoms with E-state index in [4.69, 9.17) is 9.15 Å². The van der Waals surface area contributed by atoms with Crippen molar-refractivity contribution in [1.29, 1.82) is 0 Å². The van der Waals surface area contributed by atoms with Crippen LogP contribution in [0.15, 0.2) is 52.9 Å². The molecule has 2 aromatic carbocycles. The first-order valence-corrected chi connectivity index (χ1v) is 7.53. The summed E-state index contributed by atoms with van der Waals surface area (Å²) in [6.07, 6.45) is 0. The Morgan fingerprint density at radius 1 is 1.17 bits per heavy atom. The Hall–Kier alpha value is -2.75. The third-order valence-corrected chi connectivity index (χ3v) is 3.95. The summed E-state index contributed by atoms with van der Waals surface area (Å²) in [4.78, 5) is 12.5. The summed E-state index contributed by atoms with van der Waals surface area (Å²) in [5.41, 5.74) is 2.82. The molecule has 0 saturated heterocycles. The van der Waals surface area contributed by atoms with E-state index >= 15 is 0 Å². The Kier molecular flexibility index (Phi) is 4.06. The molecule has 0 bridgehead atoms. The van der Waals surface area contributed by atoms with Crippen LogP contribution in [0, 0.1) is 6.92 Å². The molecule has 4 heteroatoms. The van der Waals surface area contributed by atoms with Gasteiger partial charge in [-0.25, -0.2) is 0 Å². The molecule has 1 unspecified atom stereocenters. The van der Waals surface area contributed by atoms with E-state index < -0.39 is 0 Å². The number of hydrogen-bond donors (Lipinski definition) is 1. The maximum atomic E-state index is 12.5. The molecular weight excluding hydrogens is 290 g/mol. The molecule has 118 valence electrons. The summed E-state index contributed by atoms with van der Waals surface area (Å²) in [5.74, 6) is 0.664. The number of amides is 1. The molecule has 0 radical (unpaired) electrons. The van der Waals surface area contributed by atoms with Gasteiger partial charge in [-0.2, -0.15) is 0 Å². The molecule has 1 atom stereocenters. The highest BCUT2D eigenvalue weighted by Gasteiger charge is 2.17. The molecule has 23 heavy (non-hydrogen) atoms. The maximum Gasteiger partial charge on any atom is 0.287 e. The van der Waals surface area contributed by atoms with Crippen LogP contribution in [0.1, 0.15) is 34.6 Å². The number of rotatable bonds is 4. The average Bonchev–Trinajstić information content (AvgIpc) is 2.99. The van der Waals surface area contributed by atoms with E-state index in [-0.39, 0.29) is 17.7 Å². The number of para-hydroxylation sites is 1. The molecule has 1 heterocycles. The van der Waals surface area contributed by atoms with Crippen LogP contribution < -0.4 is 10.1 Å². The second-order valence-corrected chi connectivity index (χ2v) is 5.54. The largest absolute Gasteiger partial charge is 0.493 e. The highest BCUT2D eigenvalue weighted by Crippen LogP contribution is 2.28. The third kappa shape index (κ3) is 2.93. The minimum absolute atomic E-state index is 0.0983. The topological polar surface area (TPSA) is 51.5 Å². The summed E-state index contributed by atoms with van der Waals surface area (Å²) >= 11 is 0. The van der Waals surface area contributed by atoms with Crippen LogP contribution in [0.4, 0.5) is 0 Å². The van der Waals surface area contributed by atoms with Crippen molar-refractivity contribution in [2.45, 2.75) is 19.9 Å². The number of ether oxygens (including phenoxy) is 1. The molecule has 0 aliphatic carbocycles. The number of carbonyl (C=O) groups is 1. The van der Waals surface area contributed by atoms with Crippen LogP contribution in [-0.4, -0.2) is 13.0 Å².